The number of carbonyl (C=O) groups is 1. The Balaban J connectivity index is 1.60. The first-order valence-electron chi connectivity index (χ1n) is 8.09. The Morgan fingerprint density at radius 2 is 2.04 bits per heavy atom. The number of aromatic carboxylic acids is 1. The van der Waals surface area contributed by atoms with Crippen molar-refractivity contribution >= 4 is 22.3 Å². The number of aryl methyl sites for hydroxylation is 1. The second-order valence-electron chi connectivity index (χ2n) is 5.96. The minimum atomic E-state index is -1.02. The molecule has 4 aromatic rings. The number of fused-ring (bicyclic) bond motifs is 1. The molecule has 0 aliphatic heterocycles. The summed E-state index contributed by atoms with van der Waals surface area (Å²) in [6.07, 6.45) is 1.55. The summed E-state index contributed by atoms with van der Waals surface area (Å²) in [6.45, 7) is 2.52. The highest BCUT2D eigenvalue weighted by molar-refractivity contribution is 7.15. The number of hydrogen-bond acceptors (Lipinski definition) is 4. The maximum absolute atomic E-state index is 11.1. The first-order chi connectivity index (χ1) is 12.6. The Morgan fingerprint density at radius 3 is 2.77 bits per heavy atom. The third-order valence-electron chi connectivity index (χ3n) is 4.14. The van der Waals surface area contributed by atoms with Gasteiger partial charge in [-0.05, 0) is 41.8 Å². The van der Waals surface area contributed by atoms with E-state index in [-0.39, 0.29) is 5.69 Å². The number of thiazole rings is 1. The largest absolute Gasteiger partial charge is 0.489 e. The average molecular weight is 364 g/mol. The fourth-order valence-electron chi connectivity index (χ4n) is 2.80. The zero-order valence-corrected chi connectivity index (χ0v) is 14.9. The van der Waals surface area contributed by atoms with Crippen LogP contribution in [0.1, 0.15) is 21.6 Å². The van der Waals surface area contributed by atoms with Gasteiger partial charge in [0.2, 0.25) is 0 Å². The highest BCUT2D eigenvalue weighted by Crippen LogP contribution is 2.30. The Labute approximate surface area is 154 Å². The number of hydrogen-bond donors (Lipinski definition) is 1. The molecule has 1 N–H and O–H groups in total. The van der Waals surface area contributed by atoms with Gasteiger partial charge in [0.05, 0.1) is 5.69 Å². The lowest BCUT2D eigenvalue weighted by molar-refractivity contribution is 0.0691. The molecule has 0 fully saturated rings. The van der Waals surface area contributed by atoms with Crippen molar-refractivity contribution in [2.24, 2.45) is 0 Å². The first-order valence-corrected chi connectivity index (χ1v) is 8.97. The smallest absolute Gasteiger partial charge is 0.356 e. The molecule has 0 atom stereocenters. The van der Waals surface area contributed by atoms with Crippen molar-refractivity contribution in [1.82, 2.24) is 9.38 Å². The summed E-state index contributed by atoms with van der Waals surface area (Å²) in [5.74, 6) is -0.186. The van der Waals surface area contributed by atoms with E-state index in [1.165, 1.54) is 11.3 Å². The van der Waals surface area contributed by atoms with Crippen LogP contribution in [0.25, 0.3) is 16.2 Å². The normalized spacial score (nSPS) is 11.0. The van der Waals surface area contributed by atoms with Gasteiger partial charge in [-0.25, -0.2) is 9.78 Å². The Bertz CT molecular complexity index is 1080. The first kappa shape index (κ1) is 16.4. The summed E-state index contributed by atoms with van der Waals surface area (Å²) < 4.78 is 7.74. The summed E-state index contributed by atoms with van der Waals surface area (Å²) in [5.41, 5.74) is 4.11. The molecule has 4 rings (SSSR count). The van der Waals surface area contributed by atoms with Crippen LogP contribution in [0.4, 0.5) is 0 Å². The third-order valence-corrected chi connectivity index (χ3v) is 4.98. The van der Waals surface area contributed by atoms with Gasteiger partial charge >= 0.3 is 5.97 Å². The van der Waals surface area contributed by atoms with Crippen LogP contribution >= 0.6 is 11.3 Å². The molecular formula is C20H16N2O3S. The zero-order chi connectivity index (χ0) is 18.1. The molecule has 2 aromatic carbocycles. The average Bonchev–Trinajstić information content (AvgIpc) is 3.22. The van der Waals surface area contributed by atoms with Crippen LogP contribution in [0.3, 0.4) is 0 Å². The summed E-state index contributed by atoms with van der Waals surface area (Å²) in [5, 5.41) is 11.1. The number of carboxylic acids is 1. The van der Waals surface area contributed by atoms with Crippen LogP contribution in [-0.2, 0) is 6.61 Å². The van der Waals surface area contributed by atoms with Gasteiger partial charge in [0, 0.05) is 11.6 Å². The molecule has 0 saturated carbocycles. The SMILES string of the molecule is Cc1cc(-c2csc3nc(C(=O)O)cn23)ccc1OCc1ccccc1. The molecule has 5 nitrogen and oxygen atoms in total. The van der Waals surface area contributed by atoms with E-state index in [1.54, 1.807) is 6.20 Å². The highest BCUT2D eigenvalue weighted by Gasteiger charge is 2.14. The molecule has 130 valence electrons. The quantitative estimate of drug-likeness (QED) is 0.560. The van der Waals surface area contributed by atoms with Gasteiger partial charge in [0.25, 0.3) is 0 Å². The Morgan fingerprint density at radius 1 is 1.23 bits per heavy atom. The van der Waals surface area contributed by atoms with Gasteiger partial charge < -0.3 is 9.84 Å². The van der Waals surface area contributed by atoms with E-state index in [0.717, 1.165) is 28.1 Å². The van der Waals surface area contributed by atoms with Crippen molar-refractivity contribution in [3.05, 3.63) is 76.9 Å². The number of nitrogens with zero attached hydrogens (tertiary/aromatic N) is 2. The molecule has 0 bridgehead atoms. The second-order valence-corrected chi connectivity index (χ2v) is 6.80. The van der Waals surface area contributed by atoms with E-state index in [2.05, 4.69) is 4.98 Å². The van der Waals surface area contributed by atoms with E-state index in [0.29, 0.717) is 11.6 Å². The Kier molecular flexibility index (Phi) is 4.18. The van der Waals surface area contributed by atoms with Crippen LogP contribution in [-0.4, -0.2) is 20.5 Å². The van der Waals surface area contributed by atoms with E-state index >= 15 is 0 Å². The van der Waals surface area contributed by atoms with Crippen molar-refractivity contribution in [2.75, 3.05) is 0 Å². The topological polar surface area (TPSA) is 63.8 Å². The van der Waals surface area contributed by atoms with Crippen LogP contribution in [0, 0.1) is 6.92 Å². The molecule has 0 aliphatic rings. The fourth-order valence-corrected chi connectivity index (χ4v) is 3.68. The van der Waals surface area contributed by atoms with Gasteiger partial charge in [0.15, 0.2) is 10.7 Å². The molecule has 0 radical (unpaired) electrons. The lowest BCUT2D eigenvalue weighted by Crippen LogP contribution is -1.97. The molecule has 0 aliphatic carbocycles. The van der Waals surface area contributed by atoms with Gasteiger partial charge in [0.1, 0.15) is 12.4 Å². The standard InChI is InChI=1S/C20H16N2O3S/c1-13-9-15(7-8-18(13)25-11-14-5-3-2-4-6-14)17-12-26-20-21-16(19(23)24)10-22(17)20/h2-10,12H,11H2,1H3,(H,23,24). The monoisotopic (exact) mass is 364 g/mol. The molecule has 2 heterocycles. The zero-order valence-electron chi connectivity index (χ0n) is 14.0. The fraction of sp³-hybridized carbons (Fsp3) is 0.100. The molecule has 0 saturated heterocycles. The Hall–Kier alpha value is -3.12. The molecule has 2 aromatic heterocycles. The van der Waals surface area contributed by atoms with Gasteiger partial charge in [-0.3, -0.25) is 4.40 Å². The van der Waals surface area contributed by atoms with Gasteiger partial charge in [-0.1, -0.05) is 30.3 Å². The maximum Gasteiger partial charge on any atom is 0.356 e. The van der Waals surface area contributed by atoms with Gasteiger partial charge in [-0.15, -0.1) is 11.3 Å². The number of benzene rings is 2. The number of ether oxygens (including phenoxy) is 1. The minimum Gasteiger partial charge on any atom is -0.489 e. The number of imidazole rings is 1. The van der Waals surface area contributed by atoms with Crippen LogP contribution in [0.5, 0.6) is 5.75 Å². The number of rotatable bonds is 5. The van der Waals surface area contributed by atoms with E-state index in [9.17, 15) is 4.79 Å². The molecule has 0 unspecified atom stereocenters. The highest BCUT2D eigenvalue weighted by atomic mass is 32.1. The van der Waals surface area contributed by atoms with Gasteiger partial charge in [-0.2, -0.15) is 0 Å². The second kappa shape index (κ2) is 6.65. The van der Waals surface area contributed by atoms with Crippen molar-refractivity contribution in [2.45, 2.75) is 13.5 Å². The van der Waals surface area contributed by atoms with E-state index < -0.39 is 5.97 Å². The lowest BCUT2D eigenvalue weighted by atomic mass is 10.1. The number of aromatic nitrogens is 2. The van der Waals surface area contributed by atoms with Crippen molar-refractivity contribution in [3.63, 3.8) is 0 Å². The maximum atomic E-state index is 11.1. The van der Waals surface area contributed by atoms with E-state index in [1.807, 2.05) is 65.2 Å². The van der Waals surface area contributed by atoms with Crippen molar-refractivity contribution in [1.29, 1.82) is 0 Å². The van der Waals surface area contributed by atoms with Crippen molar-refractivity contribution < 1.29 is 14.6 Å². The molecule has 26 heavy (non-hydrogen) atoms. The summed E-state index contributed by atoms with van der Waals surface area (Å²) >= 11 is 1.42. The van der Waals surface area contributed by atoms with Crippen LogP contribution in [0.15, 0.2) is 60.1 Å². The van der Waals surface area contributed by atoms with Crippen molar-refractivity contribution in [3.8, 4) is 17.0 Å². The predicted molar refractivity (Wildman–Crippen MR) is 101 cm³/mol. The predicted octanol–water partition coefficient (Wildman–Crippen LogP) is 4.65. The molecule has 0 amide bonds. The molecule has 6 heteroatoms. The molecular weight excluding hydrogens is 348 g/mol. The molecule has 0 spiro atoms. The number of carboxylic acid groups (broad SMARTS) is 1. The third kappa shape index (κ3) is 3.07. The lowest BCUT2D eigenvalue weighted by Gasteiger charge is -2.11. The summed E-state index contributed by atoms with van der Waals surface area (Å²) in [7, 11) is 0. The summed E-state index contributed by atoms with van der Waals surface area (Å²) in [4.78, 5) is 15.9. The summed E-state index contributed by atoms with van der Waals surface area (Å²) in [6, 6.07) is 16.0. The van der Waals surface area contributed by atoms with Crippen LogP contribution < -0.4 is 4.74 Å². The van der Waals surface area contributed by atoms with Crippen LogP contribution in [0.2, 0.25) is 0 Å². The minimum absolute atomic E-state index is 0.0534. The van der Waals surface area contributed by atoms with E-state index in [4.69, 9.17) is 9.84 Å².